The molecular formula is C10H15NOS. The standard InChI is InChI=1S/C10H15NOS/c1-6-3-8-4-7(2)13-9(8)10(6,12)5-11/h4,6,12H,3,5,11H2,1-2H3. The predicted octanol–water partition coefficient (Wildman–Crippen LogP) is 1.40. The maximum Gasteiger partial charge on any atom is 0.114 e. The molecule has 1 heterocycles. The number of hydrogen-bond donors (Lipinski definition) is 2. The molecule has 3 heteroatoms. The highest BCUT2D eigenvalue weighted by atomic mass is 32.1. The molecular weight excluding hydrogens is 182 g/mol. The highest BCUT2D eigenvalue weighted by Crippen LogP contribution is 2.44. The Balaban J connectivity index is 2.50. The van der Waals surface area contributed by atoms with E-state index < -0.39 is 5.60 Å². The summed E-state index contributed by atoms with van der Waals surface area (Å²) in [7, 11) is 0. The first-order valence-electron chi connectivity index (χ1n) is 4.60. The summed E-state index contributed by atoms with van der Waals surface area (Å²) in [5, 5.41) is 10.3. The fourth-order valence-corrected chi connectivity index (χ4v) is 3.36. The monoisotopic (exact) mass is 197 g/mol. The SMILES string of the molecule is Cc1cc2c(s1)C(O)(CN)C(C)C2. The average molecular weight is 197 g/mol. The molecule has 0 amide bonds. The van der Waals surface area contributed by atoms with E-state index in [0.29, 0.717) is 6.54 Å². The number of aryl methyl sites for hydroxylation is 1. The zero-order valence-corrected chi connectivity index (χ0v) is 8.82. The molecule has 2 rings (SSSR count). The van der Waals surface area contributed by atoms with E-state index in [4.69, 9.17) is 5.73 Å². The topological polar surface area (TPSA) is 46.2 Å². The van der Waals surface area contributed by atoms with Crippen LogP contribution in [0.15, 0.2) is 6.07 Å². The molecule has 2 atom stereocenters. The van der Waals surface area contributed by atoms with Crippen molar-refractivity contribution in [3.8, 4) is 0 Å². The average Bonchev–Trinajstić information content (AvgIpc) is 2.53. The molecule has 0 saturated heterocycles. The third-order valence-corrected chi connectivity index (χ3v) is 4.24. The van der Waals surface area contributed by atoms with Crippen LogP contribution in [0, 0.1) is 12.8 Å². The smallest absolute Gasteiger partial charge is 0.114 e. The van der Waals surface area contributed by atoms with Crippen LogP contribution >= 0.6 is 11.3 Å². The quantitative estimate of drug-likeness (QED) is 0.714. The van der Waals surface area contributed by atoms with E-state index in [1.807, 2.05) is 0 Å². The summed E-state index contributed by atoms with van der Waals surface area (Å²) in [4.78, 5) is 2.36. The summed E-state index contributed by atoms with van der Waals surface area (Å²) < 4.78 is 0. The fourth-order valence-electron chi connectivity index (χ4n) is 2.10. The molecule has 1 aliphatic carbocycles. The summed E-state index contributed by atoms with van der Waals surface area (Å²) in [5.41, 5.74) is 6.18. The van der Waals surface area contributed by atoms with Crippen LogP contribution < -0.4 is 5.73 Å². The molecule has 0 saturated carbocycles. The minimum atomic E-state index is -0.756. The van der Waals surface area contributed by atoms with Gasteiger partial charge in [-0.25, -0.2) is 0 Å². The minimum absolute atomic E-state index is 0.263. The molecule has 2 unspecified atom stereocenters. The molecule has 2 nitrogen and oxygen atoms in total. The highest BCUT2D eigenvalue weighted by molar-refractivity contribution is 7.12. The summed E-state index contributed by atoms with van der Waals surface area (Å²) in [6.07, 6.45) is 0.966. The third-order valence-electron chi connectivity index (χ3n) is 2.98. The molecule has 1 aromatic heterocycles. The van der Waals surface area contributed by atoms with E-state index in [1.165, 1.54) is 10.4 Å². The van der Waals surface area contributed by atoms with Crippen molar-refractivity contribution in [1.29, 1.82) is 0 Å². The molecule has 0 aromatic carbocycles. The van der Waals surface area contributed by atoms with Gasteiger partial charge >= 0.3 is 0 Å². The van der Waals surface area contributed by atoms with Gasteiger partial charge < -0.3 is 10.8 Å². The van der Waals surface area contributed by atoms with E-state index in [0.717, 1.165) is 11.3 Å². The van der Waals surface area contributed by atoms with Gasteiger partial charge in [0.25, 0.3) is 0 Å². The molecule has 0 fully saturated rings. The first-order valence-corrected chi connectivity index (χ1v) is 5.42. The lowest BCUT2D eigenvalue weighted by Crippen LogP contribution is -2.37. The highest BCUT2D eigenvalue weighted by Gasteiger charge is 2.43. The van der Waals surface area contributed by atoms with Crippen LogP contribution in [0.3, 0.4) is 0 Å². The van der Waals surface area contributed by atoms with Crippen LogP contribution in [0.25, 0.3) is 0 Å². The van der Waals surface area contributed by atoms with Crippen LogP contribution in [0.5, 0.6) is 0 Å². The van der Waals surface area contributed by atoms with Crippen molar-refractivity contribution < 1.29 is 5.11 Å². The Labute approximate surface area is 82.4 Å². The fraction of sp³-hybridized carbons (Fsp3) is 0.600. The van der Waals surface area contributed by atoms with E-state index >= 15 is 0 Å². The van der Waals surface area contributed by atoms with E-state index in [2.05, 4.69) is 19.9 Å². The minimum Gasteiger partial charge on any atom is -0.383 e. The summed E-state index contributed by atoms with van der Waals surface area (Å²) >= 11 is 1.68. The normalized spacial score (nSPS) is 32.2. The zero-order chi connectivity index (χ0) is 9.64. The molecule has 0 spiro atoms. The van der Waals surface area contributed by atoms with Gasteiger partial charge in [0, 0.05) is 16.3 Å². The second-order valence-corrected chi connectivity index (χ2v) is 5.20. The summed E-state index contributed by atoms with van der Waals surface area (Å²) in [5.74, 6) is 0.263. The zero-order valence-electron chi connectivity index (χ0n) is 8.00. The first-order chi connectivity index (χ1) is 6.08. The van der Waals surface area contributed by atoms with Gasteiger partial charge in [-0.1, -0.05) is 6.92 Å². The number of aliphatic hydroxyl groups is 1. The van der Waals surface area contributed by atoms with E-state index in [1.54, 1.807) is 11.3 Å². The third kappa shape index (κ3) is 1.15. The number of rotatable bonds is 1. The Kier molecular flexibility index (Phi) is 1.98. The van der Waals surface area contributed by atoms with Crippen LogP contribution in [0.2, 0.25) is 0 Å². The molecule has 0 aliphatic heterocycles. The second kappa shape index (κ2) is 2.80. The van der Waals surface area contributed by atoms with E-state index in [-0.39, 0.29) is 5.92 Å². The Bertz CT molecular complexity index is 334. The van der Waals surface area contributed by atoms with Crippen molar-refractivity contribution >= 4 is 11.3 Å². The molecule has 72 valence electrons. The first kappa shape index (κ1) is 9.19. The predicted molar refractivity (Wildman–Crippen MR) is 54.9 cm³/mol. The van der Waals surface area contributed by atoms with Gasteiger partial charge in [-0.2, -0.15) is 0 Å². The van der Waals surface area contributed by atoms with Crippen molar-refractivity contribution in [2.45, 2.75) is 25.9 Å². The van der Waals surface area contributed by atoms with Crippen LogP contribution in [0.4, 0.5) is 0 Å². The van der Waals surface area contributed by atoms with Crippen LogP contribution in [-0.2, 0) is 12.0 Å². The Hall–Kier alpha value is -0.380. The lowest BCUT2D eigenvalue weighted by Gasteiger charge is -2.26. The lowest BCUT2D eigenvalue weighted by molar-refractivity contribution is 0.00793. The number of nitrogens with two attached hydrogens (primary N) is 1. The lowest BCUT2D eigenvalue weighted by atomic mass is 9.93. The van der Waals surface area contributed by atoms with Crippen molar-refractivity contribution in [1.82, 2.24) is 0 Å². The number of thiophene rings is 1. The Morgan fingerprint density at radius 1 is 1.77 bits per heavy atom. The molecule has 3 N–H and O–H groups in total. The second-order valence-electron chi connectivity index (χ2n) is 3.94. The van der Waals surface area contributed by atoms with Gasteiger partial charge in [-0.05, 0) is 30.9 Å². The molecule has 0 bridgehead atoms. The molecule has 1 aliphatic rings. The van der Waals surface area contributed by atoms with Gasteiger partial charge in [-0.15, -0.1) is 11.3 Å². The maximum atomic E-state index is 10.3. The Morgan fingerprint density at radius 3 is 3.08 bits per heavy atom. The summed E-state index contributed by atoms with van der Waals surface area (Å²) in [6.45, 7) is 4.47. The molecule has 13 heavy (non-hydrogen) atoms. The van der Waals surface area contributed by atoms with Crippen molar-refractivity contribution in [2.24, 2.45) is 11.7 Å². The summed E-state index contributed by atoms with van der Waals surface area (Å²) in [6, 6.07) is 2.17. The van der Waals surface area contributed by atoms with Gasteiger partial charge in [0.2, 0.25) is 0 Å². The van der Waals surface area contributed by atoms with Crippen molar-refractivity contribution in [2.75, 3.05) is 6.54 Å². The van der Waals surface area contributed by atoms with Gasteiger partial charge in [0.15, 0.2) is 0 Å². The van der Waals surface area contributed by atoms with Crippen LogP contribution in [0.1, 0.15) is 22.2 Å². The van der Waals surface area contributed by atoms with Crippen LogP contribution in [-0.4, -0.2) is 11.7 Å². The molecule has 0 radical (unpaired) electrons. The maximum absolute atomic E-state index is 10.3. The van der Waals surface area contributed by atoms with Gasteiger partial charge in [0.1, 0.15) is 5.60 Å². The van der Waals surface area contributed by atoms with E-state index in [9.17, 15) is 5.11 Å². The number of hydrogen-bond acceptors (Lipinski definition) is 3. The van der Waals surface area contributed by atoms with Crippen molar-refractivity contribution in [3.05, 3.63) is 21.4 Å². The number of fused-ring (bicyclic) bond motifs is 1. The Morgan fingerprint density at radius 2 is 2.46 bits per heavy atom. The largest absolute Gasteiger partial charge is 0.383 e. The van der Waals surface area contributed by atoms with Gasteiger partial charge in [0.05, 0.1) is 0 Å². The molecule has 1 aromatic rings. The van der Waals surface area contributed by atoms with Gasteiger partial charge in [-0.3, -0.25) is 0 Å². The van der Waals surface area contributed by atoms with Crippen molar-refractivity contribution in [3.63, 3.8) is 0 Å².